The van der Waals surface area contributed by atoms with Crippen LogP contribution in [-0.2, 0) is 0 Å². The quantitative estimate of drug-likeness (QED) is 0.581. The van der Waals surface area contributed by atoms with Gasteiger partial charge in [-0.05, 0) is 37.0 Å². The van der Waals surface area contributed by atoms with Gasteiger partial charge in [-0.3, -0.25) is 5.10 Å². The lowest BCUT2D eigenvalue weighted by molar-refractivity contribution is 0.463. The second-order valence-electron chi connectivity index (χ2n) is 6.71. The minimum Gasteiger partial charge on any atom is -0.346 e. The van der Waals surface area contributed by atoms with Crippen LogP contribution < -0.4 is 4.90 Å². The average Bonchev–Trinajstić information content (AvgIpc) is 3.38. The molecule has 7 nitrogen and oxygen atoms in total. The molecule has 27 heavy (non-hydrogen) atoms. The number of benzene rings is 1. The summed E-state index contributed by atoms with van der Waals surface area (Å²) in [6, 6.07) is 6.62. The lowest BCUT2D eigenvalue weighted by Gasteiger charge is -2.36. The number of hydrogen-bond donors (Lipinski definition) is 2. The summed E-state index contributed by atoms with van der Waals surface area (Å²) in [5, 5.41) is 7.45. The van der Waals surface area contributed by atoms with E-state index in [1.807, 2.05) is 0 Å². The van der Waals surface area contributed by atoms with E-state index >= 15 is 0 Å². The third-order valence-corrected chi connectivity index (χ3v) is 5.14. The Morgan fingerprint density at radius 2 is 1.96 bits per heavy atom. The van der Waals surface area contributed by atoms with Crippen LogP contribution in [-0.4, -0.2) is 36.7 Å². The summed E-state index contributed by atoms with van der Waals surface area (Å²) >= 11 is 0. The first kappa shape index (κ1) is 15.9. The van der Waals surface area contributed by atoms with E-state index in [2.05, 4.69) is 35.0 Å². The van der Waals surface area contributed by atoms with Crippen molar-refractivity contribution in [1.29, 1.82) is 0 Å². The first-order chi connectivity index (χ1) is 13.3. The summed E-state index contributed by atoms with van der Waals surface area (Å²) in [6.45, 7) is 0.887. The summed E-state index contributed by atoms with van der Waals surface area (Å²) in [4.78, 5) is 18.4. The highest BCUT2D eigenvalue weighted by atomic mass is 19.1. The molecule has 3 aromatic heterocycles. The smallest absolute Gasteiger partial charge is 0.182 e. The summed E-state index contributed by atoms with van der Waals surface area (Å²) in [5.74, 6) is 0.604. The lowest BCUT2D eigenvalue weighted by Crippen LogP contribution is -2.34. The van der Waals surface area contributed by atoms with Gasteiger partial charge in [0, 0.05) is 12.1 Å². The molecule has 1 fully saturated rings. The fraction of sp³-hybridized carbons (Fsp3) is 0.263. The third kappa shape index (κ3) is 2.73. The Balaban J connectivity index is 1.59. The molecule has 0 amide bonds. The van der Waals surface area contributed by atoms with E-state index in [0.29, 0.717) is 5.65 Å². The minimum absolute atomic E-state index is 0.0997. The van der Waals surface area contributed by atoms with Crippen LogP contribution in [0.2, 0.25) is 0 Å². The fourth-order valence-electron chi connectivity index (χ4n) is 3.86. The number of halogens is 1. The second kappa shape index (κ2) is 6.46. The zero-order chi connectivity index (χ0) is 18.2. The number of hydrogen-bond acceptors (Lipinski definition) is 5. The normalized spacial score (nSPS) is 17.5. The Bertz CT molecular complexity index is 1070. The largest absolute Gasteiger partial charge is 0.346 e. The third-order valence-electron chi connectivity index (χ3n) is 5.14. The highest BCUT2D eigenvalue weighted by Gasteiger charge is 2.30. The molecular formula is C19H18FN7. The van der Waals surface area contributed by atoms with E-state index in [1.54, 1.807) is 31.0 Å². The van der Waals surface area contributed by atoms with Crippen molar-refractivity contribution in [3.05, 3.63) is 54.6 Å². The number of aromatic amines is 2. The van der Waals surface area contributed by atoms with Crippen molar-refractivity contribution < 1.29 is 4.39 Å². The molecule has 5 rings (SSSR count). The number of anilines is 1. The molecule has 8 heteroatoms. The van der Waals surface area contributed by atoms with Gasteiger partial charge in [-0.2, -0.15) is 5.10 Å². The molecule has 1 aliphatic rings. The lowest BCUT2D eigenvalue weighted by atomic mass is 9.94. The molecule has 136 valence electrons. The van der Waals surface area contributed by atoms with Gasteiger partial charge in [-0.25, -0.2) is 19.3 Å². The monoisotopic (exact) mass is 363 g/mol. The average molecular weight is 363 g/mol. The van der Waals surface area contributed by atoms with Crippen molar-refractivity contribution in [2.75, 3.05) is 11.4 Å². The van der Waals surface area contributed by atoms with Crippen molar-refractivity contribution in [2.45, 2.75) is 25.3 Å². The van der Waals surface area contributed by atoms with Crippen LogP contribution in [0, 0.1) is 5.82 Å². The summed E-state index contributed by atoms with van der Waals surface area (Å²) in [5.41, 5.74) is 4.45. The van der Waals surface area contributed by atoms with Gasteiger partial charge in [0.05, 0.1) is 24.3 Å². The summed E-state index contributed by atoms with van der Waals surface area (Å²) < 4.78 is 13.3. The molecule has 4 heterocycles. The van der Waals surface area contributed by atoms with Crippen molar-refractivity contribution >= 4 is 17.0 Å². The van der Waals surface area contributed by atoms with Crippen molar-refractivity contribution in [3.63, 3.8) is 0 Å². The van der Waals surface area contributed by atoms with Crippen LogP contribution in [0.1, 0.15) is 31.0 Å². The Kier molecular flexibility index (Phi) is 3.81. The standard InChI is InChI=1S/C19H18FN7/c20-13-6-4-12(5-7-13)14-9-25-26-16(14)15-3-1-2-8-27(15)19-17-18(22-10-21-17)23-11-24-19/h4-7,9-11,15H,1-3,8H2,(H,25,26)(H,21,22,23,24). The molecule has 4 aromatic rings. The number of nitrogens with one attached hydrogen (secondary N) is 2. The fourth-order valence-corrected chi connectivity index (χ4v) is 3.86. The molecule has 0 radical (unpaired) electrons. The van der Waals surface area contributed by atoms with Crippen LogP contribution >= 0.6 is 0 Å². The number of aromatic nitrogens is 6. The number of nitrogens with zero attached hydrogens (tertiary/aromatic N) is 5. The molecule has 0 saturated carbocycles. The number of imidazole rings is 1. The van der Waals surface area contributed by atoms with Gasteiger partial charge in [0.15, 0.2) is 11.5 Å². The van der Waals surface area contributed by atoms with Crippen molar-refractivity contribution in [2.24, 2.45) is 0 Å². The Morgan fingerprint density at radius 1 is 1.07 bits per heavy atom. The summed E-state index contributed by atoms with van der Waals surface area (Å²) in [7, 11) is 0. The molecule has 1 aliphatic heterocycles. The number of H-pyrrole nitrogens is 2. The second-order valence-corrected chi connectivity index (χ2v) is 6.71. The van der Waals surface area contributed by atoms with Crippen LogP contribution in [0.25, 0.3) is 22.3 Å². The molecule has 1 aromatic carbocycles. The zero-order valence-electron chi connectivity index (χ0n) is 14.6. The van der Waals surface area contributed by atoms with Gasteiger partial charge in [0.2, 0.25) is 0 Å². The molecule has 2 N–H and O–H groups in total. The molecule has 0 bridgehead atoms. The first-order valence-electron chi connectivity index (χ1n) is 9.01. The first-order valence-corrected chi connectivity index (χ1v) is 9.01. The predicted octanol–water partition coefficient (Wildman–Crippen LogP) is 3.61. The molecule has 1 atom stereocenters. The highest BCUT2D eigenvalue weighted by molar-refractivity contribution is 5.83. The maximum Gasteiger partial charge on any atom is 0.182 e. The van der Waals surface area contributed by atoms with E-state index in [9.17, 15) is 4.39 Å². The van der Waals surface area contributed by atoms with Gasteiger partial charge in [-0.1, -0.05) is 12.1 Å². The molecule has 1 saturated heterocycles. The van der Waals surface area contributed by atoms with Crippen LogP contribution in [0.5, 0.6) is 0 Å². The maximum atomic E-state index is 13.3. The maximum absolute atomic E-state index is 13.3. The number of fused-ring (bicyclic) bond motifs is 1. The van der Waals surface area contributed by atoms with Gasteiger partial charge in [0.1, 0.15) is 17.7 Å². The Morgan fingerprint density at radius 3 is 2.85 bits per heavy atom. The predicted molar refractivity (Wildman–Crippen MR) is 99.6 cm³/mol. The Labute approximate surface area is 154 Å². The Hall–Kier alpha value is -3.29. The van der Waals surface area contributed by atoms with Gasteiger partial charge in [-0.15, -0.1) is 0 Å². The minimum atomic E-state index is -0.245. The van der Waals surface area contributed by atoms with Crippen LogP contribution in [0.15, 0.2) is 43.1 Å². The van der Waals surface area contributed by atoms with E-state index in [1.165, 1.54) is 12.1 Å². The van der Waals surface area contributed by atoms with E-state index in [-0.39, 0.29) is 11.9 Å². The van der Waals surface area contributed by atoms with Gasteiger partial charge >= 0.3 is 0 Å². The van der Waals surface area contributed by atoms with Gasteiger partial charge in [0.25, 0.3) is 0 Å². The molecule has 0 spiro atoms. The van der Waals surface area contributed by atoms with E-state index < -0.39 is 0 Å². The number of piperidine rings is 1. The number of rotatable bonds is 3. The zero-order valence-corrected chi connectivity index (χ0v) is 14.6. The van der Waals surface area contributed by atoms with Crippen LogP contribution in [0.4, 0.5) is 10.2 Å². The van der Waals surface area contributed by atoms with Crippen molar-refractivity contribution in [3.8, 4) is 11.1 Å². The van der Waals surface area contributed by atoms with E-state index in [4.69, 9.17) is 0 Å². The molecule has 1 unspecified atom stereocenters. The molecular weight excluding hydrogens is 345 g/mol. The van der Waals surface area contributed by atoms with E-state index in [0.717, 1.165) is 54.0 Å². The SMILES string of the molecule is Fc1ccc(-c2cn[nH]c2C2CCCCN2c2ncnc3nc[nH]c23)cc1. The van der Waals surface area contributed by atoms with Crippen LogP contribution in [0.3, 0.4) is 0 Å². The topological polar surface area (TPSA) is 86.4 Å². The highest BCUT2D eigenvalue weighted by Crippen LogP contribution is 2.39. The summed E-state index contributed by atoms with van der Waals surface area (Å²) in [6.07, 6.45) is 8.20. The van der Waals surface area contributed by atoms with Gasteiger partial charge < -0.3 is 9.88 Å². The van der Waals surface area contributed by atoms with Crippen molar-refractivity contribution in [1.82, 2.24) is 30.1 Å². The molecule has 0 aliphatic carbocycles.